The first-order valence-electron chi connectivity index (χ1n) is 6.18. The Hall–Kier alpha value is -1.16. The van der Waals surface area contributed by atoms with Crippen molar-refractivity contribution >= 4 is 17.8 Å². The van der Waals surface area contributed by atoms with E-state index in [0.29, 0.717) is 6.54 Å². The predicted molar refractivity (Wildman–Crippen MR) is 78.3 cm³/mol. The van der Waals surface area contributed by atoms with Crippen LogP contribution in [0.1, 0.15) is 26.3 Å². The molecular formula is C14H22N2OS. The third kappa shape index (κ3) is 4.26. The van der Waals surface area contributed by atoms with E-state index in [2.05, 4.69) is 55.7 Å². The second-order valence-corrected chi connectivity index (χ2v) is 6.11. The van der Waals surface area contributed by atoms with Gasteiger partial charge >= 0.3 is 6.03 Å². The predicted octanol–water partition coefficient (Wildman–Crippen LogP) is 3.01. The standard InChI is InChI=1S/C14H22N2OS/c1-5-18-12-8-6-11(7-9-12)14(2,3)10-16-13(17)15-4/h6-9H,5,10H2,1-4H3,(H2,15,16,17). The maximum Gasteiger partial charge on any atom is 0.314 e. The molecule has 1 rings (SSSR count). The molecule has 0 unspecified atom stereocenters. The van der Waals surface area contributed by atoms with Crippen molar-refractivity contribution in [2.75, 3.05) is 19.3 Å². The number of carbonyl (C=O) groups is 1. The molecule has 18 heavy (non-hydrogen) atoms. The van der Waals surface area contributed by atoms with Crippen molar-refractivity contribution in [2.24, 2.45) is 0 Å². The highest BCUT2D eigenvalue weighted by Crippen LogP contribution is 2.25. The summed E-state index contributed by atoms with van der Waals surface area (Å²) in [6, 6.07) is 8.44. The highest BCUT2D eigenvalue weighted by atomic mass is 32.2. The monoisotopic (exact) mass is 266 g/mol. The van der Waals surface area contributed by atoms with Crippen molar-refractivity contribution in [1.29, 1.82) is 0 Å². The lowest BCUT2D eigenvalue weighted by Gasteiger charge is -2.25. The van der Waals surface area contributed by atoms with Crippen LogP contribution in [0.15, 0.2) is 29.2 Å². The Bertz CT molecular complexity index is 387. The zero-order valence-corrected chi connectivity index (χ0v) is 12.4. The minimum Gasteiger partial charge on any atom is -0.341 e. The van der Waals surface area contributed by atoms with Gasteiger partial charge in [0.05, 0.1) is 0 Å². The normalized spacial score (nSPS) is 11.1. The molecule has 4 heteroatoms. The summed E-state index contributed by atoms with van der Waals surface area (Å²) < 4.78 is 0. The molecule has 0 aromatic heterocycles. The summed E-state index contributed by atoms with van der Waals surface area (Å²) in [4.78, 5) is 12.5. The van der Waals surface area contributed by atoms with Crippen LogP contribution in [0, 0.1) is 0 Å². The molecule has 0 atom stereocenters. The Morgan fingerprint density at radius 1 is 1.28 bits per heavy atom. The maximum atomic E-state index is 11.2. The summed E-state index contributed by atoms with van der Waals surface area (Å²) >= 11 is 1.84. The number of urea groups is 1. The number of hydrogen-bond donors (Lipinski definition) is 2. The van der Waals surface area contributed by atoms with Gasteiger partial charge in [0, 0.05) is 23.9 Å². The Labute approximate surface area is 114 Å². The summed E-state index contributed by atoms with van der Waals surface area (Å²) in [6.07, 6.45) is 0. The molecule has 0 aliphatic heterocycles. The molecule has 0 saturated heterocycles. The first-order valence-corrected chi connectivity index (χ1v) is 7.17. The number of benzene rings is 1. The van der Waals surface area contributed by atoms with Crippen LogP contribution < -0.4 is 10.6 Å². The molecule has 1 aromatic rings. The number of hydrogen-bond acceptors (Lipinski definition) is 2. The quantitative estimate of drug-likeness (QED) is 0.804. The van der Waals surface area contributed by atoms with E-state index in [0.717, 1.165) is 5.75 Å². The minimum absolute atomic E-state index is 0.0675. The molecule has 2 amide bonds. The smallest absolute Gasteiger partial charge is 0.314 e. The van der Waals surface area contributed by atoms with Crippen molar-refractivity contribution < 1.29 is 4.79 Å². The Morgan fingerprint density at radius 2 is 1.89 bits per heavy atom. The van der Waals surface area contributed by atoms with Gasteiger partial charge in [-0.2, -0.15) is 0 Å². The van der Waals surface area contributed by atoms with E-state index in [1.54, 1.807) is 7.05 Å². The van der Waals surface area contributed by atoms with Crippen molar-refractivity contribution in [1.82, 2.24) is 10.6 Å². The van der Waals surface area contributed by atoms with Crippen molar-refractivity contribution in [3.05, 3.63) is 29.8 Å². The average molecular weight is 266 g/mol. The van der Waals surface area contributed by atoms with E-state index in [-0.39, 0.29) is 11.4 Å². The Kier molecular flexibility index (Phi) is 5.54. The minimum atomic E-state index is -0.138. The van der Waals surface area contributed by atoms with Crippen LogP contribution in [-0.4, -0.2) is 25.4 Å². The van der Waals surface area contributed by atoms with Gasteiger partial charge < -0.3 is 10.6 Å². The van der Waals surface area contributed by atoms with Crippen molar-refractivity contribution in [2.45, 2.75) is 31.1 Å². The maximum absolute atomic E-state index is 11.2. The molecule has 0 saturated carbocycles. The van der Waals surface area contributed by atoms with Gasteiger partial charge in [-0.25, -0.2) is 4.79 Å². The number of thioether (sulfide) groups is 1. The number of rotatable bonds is 5. The van der Waals surface area contributed by atoms with E-state index in [1.807, 2.05) is 11.8 Å². The fraction of sp³-hybridized carbons (Fsp3) is 0.500. The molecule has 0 heterocycles. The van der Waals surface area contributed by atoms with Gasteiger partial charge in [0.15, 0.2) is 0 Å². The number of nitrogens with one attached hydrogen (secondary N) is 2. The Balaban J connectivity index is 2.68. The van der Waals surface area contributed by atoms with Crippen LogP contribution in [-0.2, 0) is 5.41 Å². The van der Waals surface area contributed by atoms with Crippen LogP contribution >= 0.6 is 11.8 Å². The number of carbonyl (C=O) groups excluding carboxylic acids is 1. The molecule has 3 nitrogen and oxygen atoms in total. The van der Waals surface area contributed by atoms with Gasteiger partial charge in [-0.3, -0.25) is 0 Å². The van der Waals surface area contributed by atoms with Crippen LogP contribution in [0.25, 0.3) is 0 Å². The van der Waals surface area contributed by atoms with Crippen LogP contribution in [0.4, 0.5) is 4.79 Å². The SMILES string of the molecule is CCSc1ccc(C(C)(C)CNC(=O)NC)cc1. The molecule has 0 aliphatic carbocycles. The van der Waals surface area contributed by atoms with E-state index in [1.165, 1.54) is 10.5 Å². The lowest BCUT2D eigenvalue weighted by atomic mass is 9.85. The van der Waals surface area contributed by atoms with E-state index >= 15 is 0 Å². The van der Waals surface area contributed by atoms with Gasteiger partial charge in [-0.05, 0) is 23.4 Å². The lowest BCUT2D eigenvalue weighted by Crippen LogP contribution is -2.40. The molecule has 1 aromatic carbocycles. The largest absolute Gasteiger partial charge is 0.341 e. The zero-order chi connectivity index (χ0) is 13.6. The summed E-state index contributed by atoms with van der Waals surface area (Å²) in [7, 11) is 1.62. The number of amides is 2. The van der Waals surface area contributed by atoms with Crippen LogP contribution in [0.5, 0.6) is 0 Å². The molecular weight excluding hydrogens is 244 g/mol. The highest BCUT2D eigenvalue weighted by molar-refractivity contribution is 7.99. The highest BCUT2D eigenvalue weighted by Gasteiger charge is 2.21. The summed E-state index contributed by atoms with van der Waals surface area (Å²) in [6.45, 7) is 7.03. The first kappa shape index (κ1) is 14.9. The van der Waals surface area contributed by atoms with E-state index in [9.17, 15) is 4.79 Å². The van der Waals surface area contributed by atoms with Crippen molar-refractivity contribution in [3.63, 3.8) is 0 Å². The van der Waals surface area contributed by atoms with E-state index in [4.69, 9.17) is 0 Å². The molecule has 2 N–H and O–H groups in total. The van der Waals surface area contributed by atoms with Gasteiger partial charge in [0.2, 0.25) is 0 Å². The molecule has 0 radical (unpaired) electrons. The molecule has 0 bridgehead atoms. The topological polar surface area (TPSA) is 41.1 Å². The first-order chi connectivity index (χ1) is 8.49. The third-order valence-electron chi connectivity index (χ3n) is 2.86. The van der Waals surface area contributed by atoms with E-state index < -0.39 is 0 Å². The third-order valence-corrected chi connectivity index (χ3v) is 3.76. The lowest BCUT2D eigenvalue weighted by molar-refractivity contribution is 0.240. The average Bonchev–Trinajstić information content (AvgIpc) is 2.37. The van der Waals surface area contributed by atoms with Gasteiger partial charge in [-0.15, -0.1) is 11.8 Å². The fourth-order valence-electron chi connectivity index (χ4n) is 1.66. The second-order valence-electron chi connectivity index (χ2n) is 4.77. The summed E-state index contributed by atoms with van der Waals surface area (Å²) in [5.74, 6) is 1.08. The summed E-state index contributed by atoms with van der Waals surface area (Å²) in [5, 5.41) is 5.42. The molecule has 100 valence electrons. The van der Waals surface area contributed by atoms with Crippen molar-refractivity contribution in [3.8, 4) is 0 Å². The second kappa shape index (κ2) is 6.69. The van der Waals surface area contributed by atoms with Gasteiger partial charge in [0.1, 0.15) is 0 Å². The van der Waals surface area contributed by atoms with Crippen LogP contribution in [0.2, 0.25) is 0 Å². The Morgan fingerprint density at radius 3 is 2.39 bits per heavy atom. The fourth-order valence-corrected chi connectivity index (χ4v) is 2.32. The summed E-state index contributed by atoms with van der Waals surface area (Å²) in [5.41, 5.74) is 1.17. The molecule has 0 aliphatic rings. The zero-order valence-electron chi connectivity index (χ0n) is 11.5. The molecule has 0 spiro atoms. The van der Waals surface area contributed by atoms with Crippen LogP contribution in [0.3, 0.4) is 0 Å². The van der Waals surface area contributed by atoms with Gasteiger partial charge in [-0.1, -0.05) is 32.9 Å². The molecule has 0 fully saturated rings. The van der Waals surface area contributed by atoms with Gasteiger partial charge in [0.25, 0.3) is 0 Å².